The molecule has 0 radical (unpaired) electrons. The van der Waals surface area contributed by atoms with Crippen molar-refractivity contribution in [2.24, 2.45) is 5.41 Å². The van der Waals surface area contributed by atoms with E-state index in [1.165, 1.54) is 19.3 Å². The number of rotatable bonds is 4. The van der Waals surface area contributed by atoms with Crippen LogP contribution in [0.2, 0.25) is 0 Å². The van der Waals surface area contributed by atoms with Crippen molar-refractivity contribution in [3.63, 3.8) is 0 Å². The minimum Gasteiger partial charge on any atom is -0.380 e. The van der Waals surface area contributed by atoms with E-state index in [9.17, 15) is 0 Å². The second-order valence-electron chi connectivity index (χ2n) is 6.48. The molecule has 1 atom stereocenters. The molecule has 5 nitrogen and oxygen atoms in total. The lowest BCUT2D eigenvalue weighted by Gasteiger charge is -2.38. The summed E-state index contributed by atoms with van der Waals surface area (Å²) < 4.78 is 5.28. The number of hydrogen-bond donors (Lipinski definition) is 1. The Balaban J connectivity index is 1.65. The fourth-order valence-corrected chi connectivity index (χ4v) is 2.93. The van der Waals surface area contributed by atoms with Gasteiger partial charge < -0.3 is 10.1 Å². The van der Waals surface area contributed by atoms with Crippen LogP contribution in [0.15, 0.2) is 12.4 Å². The maximum atomic E-state index is 5.28. The van der Waals surface area contributed by atoms with Gasteiger partial charge in [0.05, 0.1) is 37.3 Å². The molecule has 2 aliphatic rings. The van der Waals surface area contributed by atoms with E-state index >= 15 is 0 Å². The van der Waals surface area contributed by atoms with Gasteiger partial charge in [0.2, 0.25) is 0 Å². The first kappa shape index (κ1) is 13.8. The topological polar surface area (TPSA) is 50.3 Å². The molecule has 2 aliphatic heterocycles. The first-order valence-electron chi connectivity index (χ1n) is 7.50. The summed E-state index contributed by atoms with van der Waals surface area (Å²) in [6.07, 6.45) is 7.47. The van der Waals surface area contributed by atoms with Crippen LogP contribution in [0.4, 0.5) is 5.82 Å². The number of anilines is 1. The van der Waals surface area contributed by atoms with Gasteiger partial charge in [-0.2, -0.15) is 0 Å². The van der Waals surface area contributed by atoms with Gasteiger partial charge in [-0.15, -0.1) is 0 Å². The van der Waals surface area contributed by atoms with E-state index in [1.54, 1.807) is 0 Å². The van der Waals surface area contributed by atoms with Crippen LogP contribution in [0.5, 0.6) is 0 Å². The highest BCUT2D eigenvalue weighted by Crippen LogP contribution is 2.29. The minimum atomic E-state index is 0.249. The van der Waals surface area contributed by atoms with E-state index in [4.69, 9.17) is 9.72 Å². The lowest BCUT2D eigenvalue weighted by Crippen LogP contribution is -2.45. The van der Waals surface area contributed by atoms with Gasteiger partial charge in [-0.3, -0.25) is 9.88 Å². The molecule has 1 N–H and O–H groups in total. The molecule has 0 unspecified atom stereocenters. The molecule has 0 aromatic carbocycles. The van der Waals surface area contributed by atoms with Gasteiger partial charge in [0, 0.05) is 12.0 Å². The number of nitrogens with one attached hydrogen (secondary N) is 1. The van der Waals surface area contributed by atoms with Crippen LogP contribution >= 0.6 is 0 Å². The zero-order valence-electron chi connectivity index (χ0n) is 12.4. The standard InChI is InChI=1S/C15H24N4O/c1-15(10-20-11-15)9-17-14-8-16-7-12(18-14)13-5-3-4-6-19(13)2/h7-8,13H,3-6,9-11H2,1-2H3,(H,17,18)/t13-/m0/s1. The Morgan fingerprint density at radius 3 is 2.95 bits per heavy atom. The number of aromatic nitrogens is 2. The van der Waals surface area contributed by atoms with Crippen molar-refractivity contribution >= 4 is 5.82 Å². The molecule has 0 bridgehead atoms. The second-order valence-corrected chi connectivity index (χ2v) is 6.48. The highest BCUT2D eigenvalue weighted by Gasteiger charge is 2.33. The zero-order chi connectivity index (χ0) is 14.0. The summed E-state index contributed by atoms with van der Waals surface area (Å²) in [5.41, 5.74) is 1.34. The monoisotopic (exact) mass is 276 g/mol. The van der Waals surface area contributed by atoms with Crippen LogP contribution < -0.4 is 5.32 Å². The van der Waals surface area contributed by atoms with E-state index in [0.717, 1.165) is 37.8 Å². The third-order valence-electron chi connectivity index (χ3n) is 4.36. The number of hydrogen-bond acceptors (Lipinski definition) is 5. The van der Waals surface area contributed by atoms with Crippen molar-refractivity contribution in [3.8, 4) is 0 Å². The predicted molar refractivity (Wildman–Crippen MR) is 78.7 cm³/mol. The molecule has 20 heavy (non-hydrogen) atoms. The van der Waals surface area contributed by atoms with Crippen LogP contribution in [0.3, 0.4) is 0 Å². The summed E-state index contributed by atoms with van der Waals surface area (Å²) in [5.74, 6) is 0.884. The van der Waals surface area contributed by atoms with Gasteiger partial charge in [0.1, 0.15) is 5.82 Å². The van der Waals surface area contributed by atoms with Gasteiger partial charge in [0.25, 0.3) is 0 Å². The highest BCUT2D eigenvalue weighted by molar-refractivity contribution is 5.33. The van der Waals surface area contributed by atoms with Gasteiger partial charge in [-0.25, -0.2) is 4.98 Å². The Labute approximate surface area is 120 Å². The van der Waals surface area contributed by atoms with E-state index in [0.29, 0.717) is 6.04 Å². The molecule has 0 aliphatic carbocycles. The summed E-state index contributed by atoms with van der Waals surface area (Å²) in [6, 6.07) is 0.417. The SMILES string of the molecule is CN1CCCC[C@H]1c1cncc(NCC2(C)COC2)n1. The van der Waals surface area contributed by atoms with Gasteiger partial charge in [0.15, 0.2) is 0 Å². The molecular formula is C15H24N4O. The summed E-state index contributed by atoms with van der Waals surface area (Å²) in [7, 11) is 2.18. The summed E-state index contributed by atoms with van der Waals surface area (Å²) in [6.45, 7) is 5.94. The zero-order valence-corrected chi connectivity index (χ0v) is 12.4. The summed E-state index contributed by atoms with van der Waals surface area (Å²) >= 11 is 0. The van der Waals surface area contributed by atoms with Crippen LogP contribution in [0.1, 0.15) is 37.9 Å². The van der Waals surface area contributed by atoms with Crippen molar-refractivity contribution in [1.82, 2.24) is 14.9 Å². The van der Waals surface area contributed by atoms with Crippen LogP contribution in [0, 0.1) is 5.41 Å². The Morgan fingerprint density at radius 2 is 2.25 bits per heavy atom. The molecule has 0 spiro atoms. The van der Waals surface area contributed by atoms with E-state index in [2.05, 4.69) is 29.2 Å². The predicted octanol–water partition coefficient (Wildman–Crippen LogP) is 2.08. The lowest BCUT2D eigenvalue weighted by molar-refractivity contribution is -0.0924. The normalized spacial score (nSPS) is 26.0. The minimum absolute atomic E-state index is 0.249. The van der Waals surface area contributed by atoms with E-state index in [-0.39, 0.29) is 5.41 Å². The number of nitrogens with zero attached hydrogens (tertiary/aromatic N) is 3. The Morgan fingerprint density at radius 1 is 1.40 bits per heavy atom. The molecule has 3 rings (SSSR count). The fourth-order valence-electron chi connectivity index (χ4n) is 2.93. The smallest absolute Gasteiger partial charge is 0.144 e. The Hall–Kier alpha value is -1.20. The molecular weight excluding hydrogens is 252 g/mol. The Kier molecular flexibility index (Phi) is 3.89. The van der Waals surface area contributed by atoms with Crippen molar-refractivity contribution < 1.29 is 4.74 Å². The average molecular weight is 276 g/mol. The van der Waals surface area contributed by atoms with Crippen LogP contribution in [-0.2, 0) is 4.74 Å². The van der Waals surface area contributed by atoms with Crippen LogP contribution in [-0.4, -0.2) is 48.2 Å². The highest BCUT2D eigenvalue weighted by atomic mass is 16.5. The third kappa shape index (κ3) is 2.94. The Bertz CT molecular complexity index is 461. The molecule has 1 aromatic heterocycles. The summed E-state index contributed by atoms with van der Waals surface area (Å²) in [5, 5.41) is 3.41. The number of piperidine rings is 1. The van der Waals surface area contributed by atoms with Gasteiger partial charge in [-0.05, 0) is 26.4 Å². The van der Waals surface area contributed by atoms with Crippen molar-refractivity contribution in [3.05, 3.63) is 18.1 Å². The lowest BCUT2D eigenvalue weighted by atomic mass is 9.89. The number of likely N-dealkylation sites (tertiary alicyclic amines) is 1. The molecule has 110 valence electrons. The second kappa shape index (κ2) is 5.66. The van der Waals surface area contributed by atoms with Crippen molar-refractivity contribution in [2.75, 3.05) is 38.7 Å². The van der Waals surface area contributed by atoms with E-state index in [1.807, 2.05) is 12.4 Å². The molecule has 2 saturated heterocycles. The molecule has 5 heteroatoms. The molecule has 1 aromatic rings. The van der Waals surface area contributed by atoms with Crippen molar-refractivity contribution in [1.29, 1.82) is 0 Å². The van der Waals surface area contributed by atoms with Gasteiger partial charge in [-0.1, -0.05) is 13.3 Å². The molecule has 3 heterocycles. The summed E-state index contributed by atoms with van der Waals surface area (Å²) in [4.78, 5) is 11.5. The number of ether oxygens (including phenoxy) is 1. The third-order valence-corrected chi connectivity index (χ3v) is 4.36. The largest absolute Gasteiger partial charge is 0.380 e. The first-order valence-corrected chi connectivity index (χ1v) is 7.50. The van der Waals surface area contributed by atoms with Gasteiger partial charge >= 0.3 is 0 Å². The molecule has 0 amide bonds. The quantitative estimate of drug-likeness (QED) is 0.912. The molecule has 2 fully saturated rings. The fraction of sp³-hybridized carbons (Fsp3) is 0.733. The molecule has 0 saturated carbocycles. The average Bonchev–Trinajstić information content (AvgIpc) is 2.44. The van der Waals surface area contributed by atoms with E-state index < -0.39 is 0 Å². The maximum Gasteiger partial charge on any atom is 0.144 e. The first-order chi connectivity index (χ1) is 9.66. The van der Waals surface area contributed by atoms with Crippen molar-refractivity contribution in [2.45, 2.75) is 32.2 Å². The maximum absolute atomic E-state index is 5.28. The van der Waals surface area contributed by atoms with Crippen LogP contribution in [0.25, 0.3) is 0 Å².